The first-order chi connectivity index (χ1) is 8.66. The third kappa shape index (κ3) is 3.32. The lowest BCUT2D eigenvalue weighted by Gasteiger charge is -2.07. The van der Waals surface area contributed by atoms with E-state index in [1.165, 1.54) is 5.56 Å². The second kappa shape index (κ2) is 6.00. The molecule has 2 nitrogen and oxygen atoms in total. The SMILES string of the molecule is Cc1ccccc1CNC(=O)c1ccc(I)cc1. The number of rotatable bonds is 3. The molecule has 2 aromatic carbocycles. The molecule has 0 aliphatic rings. The van der Waals surface area contributed by atoms with Crippen molar-refractivity contribution < 1.29 is 4.79 Å². The molecule has 0 aromatic heterocycles. The van der Waals surface area contributed by atoms with E-state index in [1.54, 1.807) is 0 Å². The van der Waals surface area contributed by atoms with Gasteiger partial charge in [-0.2, -0.15) is 0 Å². The van der Waals surface area contributed by atoms with Crippen LogP contribution in [0.2, 0.25) is 0 Å². The van der Waals surface area contributed by atoms with Crippen LogP contribution in [0.3, 0.4) is 0 Å². The Hall–Kier alpha value is -1.36. The Balaban J connectivity index is 2.01. The van der Waals surface area contributed by atoms with Crippen molar-refractivity contribution in [1.29, 1.82) is 0 Å². The fraction of sp³-hybridized carbons (Fsp3) is 0.133. The molecule has 3 heteroatoms. The van der Waals surface area contributed by atoms with E-state index in [4.69, 9.17) is 0 Å². The van der Waals surface area contributed by atoms with Crippen molar-refractivity contribution >= 4 is 28.5 Å². The number of amides is 1. The summed E-state index contributed by atoms with van der Waals surface area (Å²) in [4.78, 5) is 11.9. The third-order valence-corrected chi connectivity index (χ3v) is 3.53. The summed E-state index contributed by atoms with van der Waals surface area (Å²) in [7, 11) is 0. The van der Waals surface area contributed by atoms with Crippen LogP contribution in [0.15, 0.2) is 48.5 Å². The lowest BCUT2D eigenvalue weighted by molar-refractivity contribution is 0.0951. The van der Waals surface area contributed by atoms with Gasteiger partial charge < -0.3 is 5.32 Å². The number of hydrogen-bond donors (Lipinski definition) is 1. The van der Waals surface area contributed by atoms with Crippen LogP contribution in [0.25, 0.3) is 0 Å². The lowest BCUT2D eigenvalue weighted by Crippen LogP contribution is -2.23. The van der Waals surface area contributed by atoms with Gasteiger partial charge in [0.2, 0.25) is 0 Å². The zero-order chi connectivity index (χ0) is 13.0. The van der Waals surface area contributed by atoms with Gasteiger partial charge in [-0.15, -0.1) is 0 Å². The van der Waals surface area contributed by atoms with Crippen LogP contribution in [0.1, 0.15) is 21.5 Å². The van der Waals surface area contributed by atoms with E-state index >= 15 is 0 Å². The van der Waals surface area contributed by atoms with E-state index in [2.05, 4.69) is 27.9 Å². The number of benzene rings is 2. The first-order valence-corrected chi connectivity index (χ1v) is 6.83. The van der Waals surface area contributed by atoms with Crippen LogP contribution in [0, 0.1) is 10.5 Å². The standard InChI is InChI=1S/C15H14INO/c1-11-4-2-3-5-13(11)10-17-15(18)12-6-8-14(16)9-7-12/h2-9H,10H2,1H3,(H,17,18). The zero-order valence-electron chi connectivity index (χ0n) is 10.1. The topological polar surface area (TPSA) is 29.1 Å². The Morgan fingerprint density at radius 2 is 1.78 bits per heavy atom. The fourth-order valence-electron chi connectivity index (χ4n) is 1.69. The van der Waals surface area contributed by atoms with Crippen molar-refractivity contribution in [2.75, 3.05) is 0 Å². The van der Waals surface area contributed by atoms with Crippen molar-refractivity contribution in [3.8, 4) is 0 Å². The average molecular weight is 351 g/mol. The van der Waals surface area contributed by atoms with Crippen LogP contribution >= 0.6 is 22.6 Å². The van der Waals surface area contributed by atoms with Crippen LogP contribution in [0.4, 0.5) is 0 Å². The molecule has 0 saturated heterocycles. The first-order valence-electron chi connectivity index (χ1n) is 5.75. The lowest BCUT2D eigenvalue weighted by atomic mass is 10.1. The Kier molecular flexibility index (Phi) is 4.36. The Bertz CT molecular complexity index is 549. The highest BCUT2D eigenvalue weighted by Crippen LogP contribution is 2.09. The molecule has 0 spiro atoms. The molecule has 0 fully saturated rings. The highest BCUT2D eigenvalue weighted by atomic mass is 127. The van der Waals surface area contributed by atoms with Gasteiger partial charge in [-0.3, -0.25) is 4.79 Å². The number of aryl methyl sites for hydroxylation is 1. The normalized spacial score (nSPS) is 10.1. The van der Waals surface area contributed by atoms with E-state index in [0.717, 1.165) is 9.13 Å². The first kappa shape index (κ1) is 13.1. The van der Waals surface area contributed by atoms with Crippen molar-refractivity contribution in [3.05, 3.63) is 68.8 Å². The maximum Gasteiger partial charge on any atom is 0.251 e. The average Bonchev–Trinajstić information content (AvgIpc) is 2.38. The summed E-state index contributed by atoms with van der Waals surface area (Å²) >= 11 is 2.22. The van der Waals surface area contributed by atoms with E-state index in [9.17, 15) is 4.79 Å². The van der Waals surface area contributed by atoms with E-state index < -0.39 is 0 Å². The summed E-state index contributed by atoms with van der Waals surface area (Å²) in [6.45, 7) is 2.61. The van der Waals surface area contributed by atoms with Crippen LogP contribution in [-0.4, -0.2) is 5.91 Å². The van der Waals surface area contributed by atoms with Crippen molar-refractivity contribution in [1.82, 2.24) is 5.32 Å². The van der Waals surface area contributed by atoms with Crippen LogP contribution in [0.5, 0.6) is 0 Å². The fourth-order valence-corrected chi connectivity index (χ4v) is 2.05. The molecule has 0 radical (unpaired) electrons. The minimum absolute atomic E-state index is 0.0327. The number of carbonyl (C=O) groups excluding carboxylic acids is 1. The van der Waals surface area contributed by atoms with Crippen LogP contribution < -0.4 is 5.32 Å². The monoisotopic (exact) mass is 351 g/mol. The van der Waals surface area contributed by atoms with Gasteiger partial charge in [-0.25, -0.2) is 0 Å². The number of nitrogens with one attached hydrogen (secondary N) is 1. The molecule has 92 valence electrons. The maximum absolute atomic E-state index is 11.9. The summed E-state index contributed by atoms with van der Waals surface area (Å²) in [6, 6.07) is 15.6. The Labute approximate surface area is 121 Å². The molecule has 1 amide bonds. The Morgan fingerprint density at radius 3 is 2.44 bits per heavy atom. The van der Waals surface area contributed by atoms with Gasteiger partial charge in [0.25, 0.3) is 5.91 Å². The highest BCUT2D eigenvalue weighted by Gasteiger charge is 2.05. The van der Waals surface area contributed by atoms with Gasteiger partial charge in [0.15, 0.2) is 0 Å². The number of hydrogen-bond acceptors (Lipinski definition) is 1. The number of halogens is 1. The molecule has 0 aliphatic carbocycles. The van der Waals surface area contributed by atoms with Gasteiger partial charge in [-0.1, -0.05) is 24.3 Å². The van der Waals surface area contributed by atoms with Crippen molar-refractivity contribution in [3.63, 3.8) is 0 Å². The molecule has 0 heterocycles. The summed E-state index contributed by atoms with van der Waals surface area (Å²) in [5.41, 5.74) is 3.04. The molecule has 0 saturated carbocycles. The molecule has 0 atom stereocenters. The summed E-state index contributed by atoms with van der Waals surface area (Å²) in [5.74, 6) is -0.0327. The van der Waals surface area contributed by atoms with Gasteiger partial charge >= 0.3 is 0 Å². The minimum Gasteiger partial charge on any atom is -0.348 e. The Morgan fingerprint density at radius 1 is 1.11 bits per heavy atom. The quantitative estimate of drug-likeness (QED) is 0.843. The summed E-state index contributed by atoms with van der Waals surface area (Å²) in [6.07, 6.45) is 0. The maximum atomic E-state index is 11.9. The van der Waals surface area contributed by atoms with Crippen LogP contribution in [-0.2, 0) is 6.54 Å². The van der Waals surface area contributed by atoms with E-state index in [0.29, 0.717) is 12.1 Å². The zero-order valence-corrected chi connectivity index (χ0v) is 12.3. The summed E-state index contributed by atoms with van der Waals surface area (Å²) in [5, 5.41) is 2.93. The molecule has 2 rings (SSSR count). The highest BCUT2D eigenvalue weighted by molar-refractivity contribution is 14.1. The molecule has 0 aliphatic heterocycles. The second-order valence-corrected chi connectivity index (χ2v) is 5.36. The van der Waals surface area contributed by atoms with Gasteiger partial charge in [0.1, 0.15) is 0 Å². The van der Waals surface area contributed by atoms with Gasteiger partial charge in [0, 0.05) is 15.7 Å². The molecule has 2 aromatic rings. The van der Waals surface area contributed by atoms with E-state index in [-0.39, 0.29) is 5.91 Å². The molecule has 0 unspecified atom stereocenters. The second-order valence-electron chi connectivity index (χ2n) is 4.12. The predicted molar refractivity (Wildman–Crippen MR) is 81.5 cm³/mol. The molecule has 1 N–H and O–H groups in total. The third-order valence-electron chi connectivity index (χ3n) is 2.81. The smallest absolute Gasteiger partial charge is 0.251 e. The van der Waals surface area contributed by atoms with Gasteiger partial charge in [-0.05, 0) is 64.9 Å². The minimum atomic E-state index is -0.0327. The van der Waals surface area contributed by atoms with Gasteiger partial charge in [0.05, 0.1) is 0 Å². The largest absolute Gasteiger partial charge is 0.348 e. The summed E-state index contributed by atoms with van der Waals surface area (Å²) < 4.78 is 1.13. The number of carbonyl (C=O) groups is 1. The van der Waals surface area contributed by atoms with E-state index in [1.807, 2.05) is 55.5 Å². The van der Waals surface area contributed by atoms with Crippen molar-refractivity contribution in [2.45, 2.75) is 13.5 Å². The molecular weight excluding hydrogens is 337 g/mol. The molecule has 18 heavy (non-hydrogen) atoms. The molecule has 0 bridgehead atoms. The van der Waals surface area contributed by atoms with Crippen molar-refractivity contribution in [2.24, 2.45) is 0 Å². The predicted octanol–water partition coefficient (Wildman–Crippen LogP) is 3.53. The molecular formula is C15H14INO.